The predicted octanol–water partition coefficient (Wildman–Crippen LogP) is 1.81. The first-order valence-electron chi connectivity index (χ1n) is 9.31. The summed E-state index contributed by atoms with van der Waals surface area (Å²) in [5, 5.41) is 9.43. The Morgan fingerprint density at radius 3 is 2.68 bits per heavy atom. The molecule has 6 heteroatoms. The van der Waals surface area contributed by atoms with E-state index in [9.17, 15) is 4.79 Å². The molecule has 0 radical (unpaired) electrons. The van der Waals surface area contributed by atoms with Gasteiger partial charge in [0.15, 0.2) is 5.96 Å². The molecule has 3 rings (SSSR count). The molecular weight excluding hydrogens is 314 g/mol. The van der Waals surface area contributed by atoms with Crippen LogP contribution in [0.2, 0.25) is 0 Å². The number of carbonyl (C=O) groups excluding carboxylic acids is 1. The number of hydrogen-bond donors (Lipinski definition) is 3. The van der Waals surface area contributed by atoms with Crippen LogP contribution in [-0.4, -0.2) is 55.5 Å². The zero-order valence-corrected chi connectivity index (χ0v) is 15.0. The number of anilines is 1. The van der Waals surface area contributed by atoms with E-state index >= 15 is 0 Å². The van der Waals surface area contributed by atoms with E-state index in [0.717, 1.165) is 31.2 Å². The molecule has 1 aliphatic carbocycles. The Balaban J connectivity index is 1.40. The number of carbonyl (C=O) groups is 1. The molecule has 0 spiro atoms. The smallest absolute Gasteiger partial charge is 0.243 e. The average Bonchev–Trinajstić information content (AvgIpc) is 3.31. The number of likely N-dealkylation sites (tertiary alicyclic amines) is 1. The first-order valence-corrected chi connectivity index (χ1v) is 9.31. The van der Waals surface area contributed by atoms with E-state index in [1.54, 1.807) is 7.05 Å². The third kappa shape index (κ3) is 5.19. The highest BCUT2D eigenvalue weighted by atomic mass is 16.1. The Kier molecular flexibility index (Phi) is 6.28. The molecule has 2 aliphatic rings. The normalized spacial score (nSPS) is 22.1. The van der Waals surface area contributed by atoms with Crippen LogP contribution in [0.25, 0.3) is 0 Å². The zero-order chi connectivity index (χ0) is 17.5. The van der Waals surface area contributed by atoms with Crippen LogP contribution in [0.1, 0.15) is 32.1 Å². The second-order valence-corrected chi connectivity index (χ2v) is 6.90. The summed E-state index contributed by atoms with van der Waals surface area (Å²) in [5.74, 6) is 0.620. The molecule has 136 valence electrons. The van der Waals surface area contributed by atoms with Crippen molar-refractivity contribution in [1.82, 2.24) is 15.5 Å². The Bertz CT molecular complexity index is 583. The van der Waals surface area contributed by atoms with E-state index in [1.165, 1.54) is 25.7 Å². The summed E-state index contributed by atoms with van der Waals surface area (Å²) in [6.07, 6.45) is 6.57. The van der Waals surface area contributed by atoms with Gasteiger partial charge in [0, 0.05) is 37.9 Å². The van der Waals surface area contributed by atoms with E-state index in [2.05, 4.69) is 25.8 Å². The van der Waals surface area contributed by atoms with Crippen molar-refractivity contribution in [3.05, 3.63) is 30.3 Å². The van der Waals surface area contributed by atoms with Gasteiger partial charge in [0.05, 0.1) is 6.54 Å². The number of hydrogen-bond acceptors (Lipinski definition) is 3. The molecule has 3 N–H and O–H groups in total. The first kappa shape index (κ1) is 17.7. The molecule has 1 saturated heterocycles. The quantitative estimate of drug-likeness (QED) is 0.563. The Morgan fingerprint density at radius 1 is 1.20 bits per heavy atom. The minimum Gasteiger partial charge on any atom is -0.352 e. The fourth-order valence-electron chi connectivity index (χ4n) is 3.78. The predicted molar refractivity (Wildman–Crippen MR) is 102 cm³/mol. The fraction of sp³-hybridized carbons (Fsp3) is 0.579. The van der Waals surface area contributed by atoms with Crippen LogP contribution in [-0.2, 0) is 4.79 Å². The monoisotopic (exact) mass is 343 g/mol. The molecule has 25 heavy (non-hydrogen) atoms. The Labute approximate surface area is 150 Å². The molecule has 1 aliphatic heterocycles. The van der Waals surface area contributed by atoms with Gasteiger partial charge in [-0.2, -0.15) is 0 Å². The van der Waals surface area contributed by atoms with Crippen molar-refractivity contribution in [3.63, 3.8) is 0 Å². The van der Waals surface area contributed by atoms with Crippen LogP contribution in [0.4, 0.5) is 5.69 Å². The van der Waals surface area contributed by atoms with Crippen molar-refractivity contribution in [1.29, 1.82) is 0 Å². The van der Waals surface area contributed by atoms with Gasteiger partial charge in [-0.3, -0.25) is 14.7 Å². The summed E-state index contributed by atoms with van der Waals surface area (Å²) in [6.45, 7) is 2.43. The molecule has 1 aromatic carbocycles. The molecule has 6 nitrogen and oxygen atoms in total. The molecule has 1 aromatic rings. The van der Waals surface area contributed by atoms with Gasteiger partial charge in [0.25, 0.3) is 0 Å². The maximum Gasteiger partial charge on any atom is 0.243 e. The second-order valence-electron chi connectivity index (χ2n) is 6.90. The Morgan fingerprint density at radius 2 is 1.96 bits per heavy atom. The highest BCUT2D eigenvalue weighted by Crippen LogP contribution is 2.26. The topological polar surface area (TPSA) is 68.8 Å². The number of amides is 1. The summed E-state index contributed by atoms with van der Waals surface area (Å²) in [6, 6.07) is 10.7. The lowest BCUT2D eigenvalue weighted by Crippen LogP contribution is -2.47. The summed E-state index contributed by atoms with van der Waals surface area (Å²) < 4.78 is 0. The summed E-state index contributed by atoms with van der Waals surface area (Å²) in [5.41, 5.74) is 0.806. The lowest BCUT2D eigenvalue weighted by molar-refractivity contribution is -0.115. The van der Waals surface area contributed by atoms with Crippen molar-refractivity contribution < 1.29 is 4.79 Å². The molecular formula is C19H29N5O. The highest BCUT2D eigenvalue weighted by molar-refractivity contribution is 5.94. The standard InChI is InChI=1S/C19H29N5O/c1-20-19(21-13-18(25)22-15-7-3-2-4-8-15)23-16-11-12-24(14-16)17-9-5-6-10-17/h2-4,7-8,16-17H,5-6,9-14H2,1H3,(H,22,25)(H2,20,21,23). The van der Waals surface area contributed by atoms with Gasteiger partial charge in [-0.25, -0.2) is 0 Å². The lowest BCUT2D eigenvalue weighted by Gasteiger charge is -2.24. The summed E-state index contributed by atoms with van der Waals surface area (Å²) in [7, 11) is 1.74. The van der Waals surface area contributed by atoms with Crippen LogP contribution >= 0.6 is 0 Å². The lowest BCUT2D eigenvalue weighted by atomic mass is 10.2. The molecule has 2 fully saturated rings. The van der Waals surface area contributed by atoms with Gasteiger partial charge in [0.2, 0.25) is 5.91 Å². The summed E-state index contributed by atoms with van der Waals surface area (Å²) >= 11 is 0. The maximum atomic E-state index is 12.0. The first-order chi connectivity index (χ1) is 12.2. The molecule has 1 unspecified atom stereocenters. The summed E-state index contributed by atoms with van der Waals surface area (Å²) in [4.78, 5) is 18.9. The van der Waals surface area contributed by atoms with Crippen molar-refractivity contribution in [2.24, 2.45) is 4.99 Å². The number of guanidine groups is 1. The number of rotatable bonds is 5. The number of aliphatic imine (C=N–C) groups is 1. The largest absolute Gasteiger partial charge is 0.352 e. The molecule has 1 amide bonds. The second kappa shape index (κ2) is 8.85. The van der Waals surface area contributed by atoms with Crippen molar-refractivity contribution in [3.8, 4) is 0 Å². The van der Waals surface area contributed by atoms with E-state index in [1.807, 2.05) is 30.3 Å². The van der Waals surface area contributed by atoms with Crippen LogP contribution in [0.3, 0.4) is 0 Å². The number of nitrogens with one attached hydrogen (secondary N) is 3. The molecule has 0 aromatic heterocycles. The fourth-order valence-corrected chi connectivity index (χ4v) is 3.78. The number of benzene rings is 1. The third-order valence-corrected chi connectivity index (χ3v) is 5.10. The van der Waals surface area contributed by atoms with Gasteiger partial charge >= 0.3 is 0 Å². The van der Waals surface area contributed by atoms with Gasteiger partial charge < -0.3 is 16.0 Å². The average molecular weight is 343 g/mol. The molecule has 1 saturated carbocycles. The van der Waals surface area contributed by atoms with Crippen molar-refractivity contribution >= 4 is 17.6 Å². The van der Waals surface area contributed by atoms with E-state index in [-0.39, 0.29) is 12.5 Å². The van der Waals surface area contributed by atoms with Crippen molar-refractivity contribution in [2.75, 3.05) is 32.0 Å². The van der Waals surface area contributed by atoms with Crippen molar-refractivity contribution in [2.45, 2.75) is 44.2 Å². The number of nitrogens with zero attached hydrogens (tertiary/aromatic N) is 2. The maximum absolute atomic E-state index is 12.0. The van der Waals surface area contributed by atoms with Gasteiger partial charge in [-0.15, -0.1) is 0 Å². The minimum absolute atomic E-state index is 0.0758. The Hall–Kier alpha value is -2.08. The highest BCUT2D eigenvalue weighted by Gasteiger charge is 2.30. The van der Waals surface area contributed by atoms with Crippen LogP contribution in [0.15, 0.2) is 35.3 Å². The van der Waals surface area contributed by atoms with Gasteiger partial charge in [-0.05, 0) is 31.4 Å². The van der Waals surface area contributed by atoms with Crippen LogP contribution in [0.5, 0.6) is 0 Å². The molecule has 1 atom stereocenters. The molecule has 0 bridgehead atoms. The SMILES string of the molecule is CN=C(NCC(=O)Nc1ccccc1)NC1CCN(C2CCCC2)C1. The third-order valence-electron chi connectivity index (χ3n) is 5.10. The number of para-hydroxylation sites is 1. The van der Waals surface area contributed by atoms with Crippen LogP contribution in [0, 0.1) is 0 Å². The van der Waals surface area contributed by atoms with Gasteiger partial charge in [0.1, 0.15) is 0 Å². The minimum atomic E-state index is -0.0758. The molecule has 1 heterocycles. The van der Waals surface area contributed by atoms with E-state index in [4.69, 9.17) is 0 Å². The van der Waals surface area contributed by atoms with Gasteiger partial charge in [-0.1, -0.05) is 31.0 Å². The zero-order valence-electron chi connectivity index (χ0n) is 15.0. The van der Waals surface area contributed by atoms with E-state index in [0.29, 0.717) is 12.0 Å². The van der Waals surface area contributed by atoms with E-state index < -0.39 is 0 Å². The van der Waals surface area contributed by atoms with Crippen LogP contribution < -0.4 is 16.0 Å².